The van der Waals surface area contributed by atoms with Gasteiger partial charge in [0.05, 0.1) is 6.61 Å². The Morgan fingerprint density at radius 1 is 1.18 bits per heavy atom. The van der Waals surface area contributed by atoms with E-state index in [1.54, 1.807) is 0 Å². The second-order valence-corrected chi connectivity index (χ2v) is 3.35. The zero-order valence-corrected chi connectivity index (χ0v) is 7.04. The third-order valence-corrected chi connectivity index (χ3v) is 1.58. The van der Waals surface area contributed by atoms with Gasteiger partial charge in [-0.1, -0.05) is 0 Å². The minimum atomic E-state index is -4.28. The van der Waals surface area contributed by atoms with Crippen molar-refractivity contribution in [3.8, 4) is 0 Å². The molecule has 0 atom stereocenters. The number of phosphoric acid groups is 1. The number of unbranched alkanes of at least 4 members (excludes halogenated alkanes) is 2. The normalized spacial score (nSPS) is 11.9. The number of phosphoric ester groups is 1. The van der Waals surface area contributed by atoms with Crippen LogP contribution in [0.1, 0.15) is 19.3 Å². The predicted octanol–water partition coefficient (Wildman–Crippen LogP) is 0.258. The minimum Gasteiger partial charge on any atom is -0.396 e. The second-order valence-electron chi connectivity index (χ2n) is 2.11. The molecule has 0 aliphatic heterocycles. The Morgan fingerprint density at radius 2 is 1.82 bits per heavy atom. The van der Waals surface area contributed by atoms with E-state index in [1.165, 1.54) is 0 Å². The first-order chi connectivity index (χ1) is 5.06. The summed E-state index contributed by atoms with van der Waals surface area (Å²) in [5, 5.41) is 8.33. The van der Waals surface area contributed by atoms with Crippen molar-refractivity contribution in [1.29, 1.82) is 0 Å². The van der Waals surface area contributed by atoms with Gasteiger partial charge in [0, 0.05) is 6.61 Å². The van der Waals surface area contributed by atoms with E-state index in [-0.39, 0.29) is 13.2 Å². The first-order valence-corrected chi connectivity index (χ1v) is 4.90. The van der Waals surface area contributed by atoms with Crippen LogP contribution in [0.3, 0.4) is 0 Å². The van der Waals surface area contributed by atoms with E-state index < -0.39 is 7.82 Å². The Balaban J connectivity index is 3.09. The molecular formula is C5H13O5P. The van der Waals surface area contributed by atoms with Crippen LogP contribution in [0.4, 0.5) is 0 Å². The van der Waals surface area contributed by atoms with Gasteiger partial charge < -0.3 is 14.9 Å². The number of aliphatic hydroxyl groups is 1. The number of hydrogen-bond donors (Lipinski definition) is 3. The molecule has 6 heteroatoms. The maximum atomic E-state index is 10.1. The third-order valence-electron chi connectivity index (χ3n) is 1.06. The molecule has 0 aliphatic carbocycles. The number of hydrogen-bond acceptors (Lipinski definition) is 3. The lowest BCUT2D eigenvalue weighted by atomic mass is 10.2. The van der Waals surface area contributed by atoms with Gasteiger partial charge in [-0.05, 0) is 19.3 Å². The Labute approximate surface area is 65.2 Å². The fraction of sp³-hybridized carbons (Fsp3) is 1.00. The van der Waals surface area contributed by atoms with Gasteiger partial charge in [-0.15, -0.1) is 0 Å². The van der Waals surface area contributed by atoms with Crippen molar-refractivity contribution >= 4 is 7.82 Å². The fourth-order valence-corrected chi connectivity index (χ4v) is 0.941. The molecule has 0 amide bonds. The van der Waals surface area contributed by atoms with Gasteiger partial charge in [-0.25, -0.2) is 4.57 Å². The van der Waals surface area contributed by atoms with Crippen molar-refractivity contribution in [3.05, 3.63) is 0 Å². The molecule has 0 saturated heterocycles. The maximum absolute atomic E-state index is 10.1. The lowest BCUT2D eigenvalue weighted by molar-refractivity contribution is 0.191. The summed E-state index contributed by atoms with van der Waals surface area (Å²) in [5.74, 6) is 0. The van der Waals surface area contributed by atoms with E-state index in [0.717, 1.165) is 6.42 Å². The average molecular weight is 184 g/mol. The SMILES string of the molecule is O=P(O)(O)OCCCCCO. The molecule has 11 heavy (non-hydrogen) atoms. The molecule has 0 aromatic heterocycles. The smallest absolute Gasteiger partial charge is 0.396 e. The summed E-state index contributed by atoms with van der Waals surface area (Å²) in [6.07, 6.45) is 1.92. The molecule has 0 aromatic carbocycles. The van der Waals surface area contributed by atoms with Crippen LogP contribution >= 0.6 is 7.82 Å². The van der Waals surface area contributed by atoms with Crippen LogP contribution in [0.25, 0.3) is 0 Å². The summed E-state index contributed by atoms with van der Waals surface area (Å²) in [5.41, 5.74) is 0. The zero-order valence-electron chi connectivity index (χ0n) is 6.14. The van der Waals surface area contributed by atoms with Crippen molar-refractivity contribution < 1.29 is 24.0 Å². The molecule has 68 valence electrons. The van der Waals surface area contributed by atoms with Gasteiger partial charge >= 0.3 is 7.82 Å². The molecule has 0 unspecified atom stereocenters. The second kappa shape index (κ2) is 5.69. The van der Waals surface area contributed by atoms with Gasteiger partial charge in [-0.3, -0.25) is 4.52 Å². The molecule has 0 aromatic rings. The summed E-state index contributed by atoms with van der Waals surface area (Å²) in [6, 6.07) is 0. The zero-order chi connectivity index (χ0) is 8.74. The van der Waals surface area contributed by atoms with Gasteiger partial charge in [0.15, 0.2) is 0 Å². The van der Waals surface area contributed by atoms with Crippen molar-refractivity contribution in [2.45, 2.75) is 19.3 Å². The van der Waals surface area contributed by atoms with E-state index in [4.69, 9.17) is 14.9 Å². The van der Waals surface area contributed by atoms with Crippen molar-refractivity contribution in [1.82, 2.24) is 0 Å². The number of rotatable bonds is 6. The van der Waals surface area contributed by atoms with Crippen molar-refractivity contribution in [3.63, 3.8) is 0 Å². The Bertz CT molecular complexity index is 131. The minimum absolute atomic E-state index is 0.0459. The van der Waals surface area contributed by atoms with E-state index in [0.29, 0.717) is 12.8 Å². The summed E-state index contributed by atoms with van der Waals surface area (Å²) in [7, 11) is -4.28. The average Bonchev–Trinajstić information content (AvgIpc) is 1.85. The quantitative estimate of drug-likeness (QED) is 0.407. The molecule has 0 heterocycles. The van der Waals surface area contributed by atoms with Crippen LogP contribution in [-0.2, 0) is 9.09 Å². The molecule has 0 rings (SSSR count). The van der Waals surface area contributed by atoms with Crippen molar-refractivity contribution in [2.24, 2.45) is 0 Å². The van der Waals surface area contributed by atoms with E-state index >= 15 is 0 Å². The van der Waals surface area contributed by atoms with Gasteiger partial charge in [0.1, 0.15) is 0 Å². The summed E-state index contributed by atoms with van der Waals surface area (Å²) >= 11 is 0. The highest BCUT2D eigenvalue weighted by Gasteiger charge is 2.11. The first-order valence-electron chi connectivity index (χ1n) is 3.37. The Morgan fingerprint density at radius 3 is 2.27 bits per heavy atom. The highest BCUT2D eigenvalue weighted by Crippen LogP contribution is 2.35. The largest absolute Gasteiger partial charge is 0.469 e. The lowest BCUT2D eigenvalue weighted by Gasteiger charge is -2.03. The van der Waals surface area contributed by atoms with Crippen LogP contribution in [0.2, 0.25) is 0 Å². The Hall–Kier alpha value is 0.0700. The van der Waals surface area contributed by atoms with Crippen molar-refractivity contribution in [2.75, 3.05) is 13.2 Å². The molecule has 5 nitrogen and oxygen atoms in total. The van der Waals surface area contributed by atoms with Gasteiger partial charge in [0.25, 0.3) is 0 Å². The van der Waals surface area contributed by atoms with Crippen LogP contribution in [0, 0.1) is 0 Å². The van der Waals surface area contributed by atoms with Crippen LogP contribution < -0.4 is 0 Å². The van der Waals surface area contributed by atoms with E-state index in [2.05, 4.69) is 4.52 Å². The van der Waals surface area contributed by atoms with Crippen LogP contribution in [0.5, 0.6) is 0 Å². The topological polar surface area (TPSA) is 87.0 Å². The highest BCUT2D eigenvalue weighted by atomic mass is 31.2. The fourth-order valence-electron chi connectivity index (χ4n) is 0.574. The first kappa shape index (κ1) is 11.1. The molecule has 0 aliphatic rings. The molecular weight excluding hydrogens is 171 g/mol. The van der Waals surface area contributed by atoms with Gasteiger partial charge in [0.2, 0.25) is 0 Å². The van der Waals surface area contributed by atoms with Crippen LogP contribution in [0.15, 0.2) is 0 Å². The summed E-state index contributed by atoms with van der Waals surface area (Å²) in [6.45, 7) is 0.153. The highest BCUT2D eigenvalue weighted by molar-refractivity contribution is 7.46. The van der Waals surface area contributed by atoms with E-state index in [1.807, 2.05) is 0 Å². The summed E-state index contributed by atoms with van der Waals surface area (Å²) < 4.78 is 14.2. The molecule has 0 spiro atoms. The summed E-state index contributed by atoms with van der Waals surface area (Å²) in [4.78, 5) is 16.4. The predicted molar refractivity (Wildman–Crippen MR) is 38.9 cm³/mol. The monoisotopic (exact) mass is 184 g/mol. The standard InChI is InChI=1S/C5H13O5P/c6-4-2-1-3-5-10-11(7,8)9/h6H,1-5H2,(H2,7,8,9). The number of aliphatic hydroxyl groups excluding tert-OH is 1. The third kappa shape index (κ3) is 10.1. The molecule has 0 saturated carbocycles. The maximum Gasteiger partial charge on any atom is 0.469 e. The molecule has 0 fully saturated rings. The molecule has 0 radical (unpaired) electrons. The van der Waals surface area contributed by atoms with Crippen LogP contribution in [-0.4, -0.2) is 28.1 Å². The molecule has 3 N–H and O–H groups in total. The molecule has 0 bridgehead atoms. The Kier molecular flexibility index (Phi) is 5.72. The van der Waals surface area contributed by atoms with Gasteiger partial charge in [-0.2, -0.15) is 0 Å². The lowest BCUT2D eigenvalue weighted by Crippen LogP contribution is -1.93. The van der Waals surface area contributed by atoms with E-state index in [9.17, 15) is 4.57 Å².